The molecule has 0 amide bonds. The molecular formula is C13H16N2O. The number of nitrogens with zero attached hydrogens (tertiary/aromatic N) is 1. The SMILES string of the molecule is CCc1cccnc1NCc1ccc(C)o1. The maximum atomic E-state index is 5.49. The van der Waals surface area contributed by atoms with Gasteiger partial charge in [-0.05, 0) is 37.1 Å². The van der Waals surface area contributed by atoms with Gasteiger partial charge in [0.05, 0.1) is 6.54 Å². The fraction of sp³-hybridized carbons (Fsp3) is 0.308. The van der Waals surface area contributed by atoms with Crippen molar-refractivity contribution < 1.29 is 4.42 Å². The highest BCUT2D eigenvalue weighted by molar-refractivity contribution is 5.43. The Bertz CT molecular complexity index is 462. The minimum atomic E-state index is 0.678. The van der Waals surface area contributed by atoms with Crippen molar-refractivity contribution >= 4 is 5.82 Å². The van der Waals surface area contributed by atoms with Crippen molar-refractivity contribution in [2.24, 2.45) is 0 Å². The summed E-state index contributed by atoms with van der Waals surface area (Å²) in [6, 6.07) is 8.00. The van der Waals surface area contributed by atoms with Crippen LogP contribution in [0.15, 0.2) is 34.9 Å². The number of aryl methyl sites for hydroxylation is 2. The molecule has 0 atom stereocenters. The van der Waals surface area contributed by atoms with E-state index < -0.39 is 0 Å². The summed E-state index contributed by atoms with van der Waals surface area (Å²) in [5.74, 6) is 2.82. The third-order valence-corrected chi connectivity index (χ3v) is 2.50. The monoisotopic (exact) mass is 216 g/mol. The Labute approximate surface area is 95.5 Å². The molecule has 1 N–H and O–H groups in total. The number of furan rings is 1. The van der Waals surface area contributed by atoms with E-state index in [-0.39, 0.29) is 0 Å². The van der Waals surface area contributed by atoms with Crippen LogP contribution in [0.4, 0.5) is 5.82 Å². The van der Waals surface area contributed by atoms with Crippen LogP contribution in [0.3, 0.4) is 0 Å². The zero-order chi connectivity index (χ0) is 11.4. The maximum Gasteiger partial charge on any atom is 0.129 e. The zero-order valence-electron chi connectivity index (χ0n) is 9.66. The quantitative estimate of drug-likeness (QED) is 0.853. The number of anilines is 1. The molecular weight excluding hydrogens is 200 g/mol. The molecule has 0 aliphatic rings. The average molecular weight is 216 g/mol. The molecule has 0 unspecified atom stereocenters. The highest BCUT2D eigenvalue weighted by Gasteiger charge is 2.02. The highest BCUT2D eigenvalue weighted by atomic mass is 16.3. The van der Waals surface area contributed by atoms with Crippen molar-refractivity contribution in [2.45, 2.75) is 26.8 Å². The standard InChI is InChI=1S/C13H16N2O/c1-3-11-5-4-8-14-13(11)15-9-12-7-6-10(2)16-12/h4-8H,3,9H2,1-2H3,(H,14,15). The predicted molar refractivity (Wildman–Crippen MR) is 64.4 cm³/mol. The average Bonchev–Trinajstić information content (AvgIpc) is 2.73. The smallest absolute Gasteiger partial charge is 0.129 e. The molecule has 0 aromatic carbocycles. The molecule has 16 heavy (non-hydrogen) atoms. The molecule has 0 saturated carbocycles. The molecule has 0 saturated heterocycles. The van der Waals surface area contributed by atoms with Crippen molar-refractivity contribution in [3.8, 4) is 0 Å². The molecule has 3 heteroatoms. The summed E-state index contributed by atoms with van der Waals surface area (Å²) in [4.78, 5) is 4.32. The highest BCUT2D eigenvalue weighted by Crippen LogP contribution is 2.14. The van der Waals surface area contributed by atoms with Crippen LogP contribution >= 0.6 is 0 Å². The van der Waals surface area contributed by atoms with Crippen LogP contribution in [0.1, 0.15) is 24.0 Å². The lowest BCUT2D eigenvalue weighted by molar-refractivity contribution is 0.490. The maximum absolute atomic E-state index is 5.49. The number of pyridine rings is 1. The Morgan fingerprint density at radius 2 is 2.19 bits per heavy atom. The van der Waals surface area contributed by atoms with E-state index in [1.165, 1.54) is 5.56 Å². The second-order valence-corrected chi connectivity index (χ2v) is 3.73. The van der Waals surface area contributed by atoms with E-state index >= 15 is 0 Å². The Morgan fingerprint density at radius 3 is 2.88 bits per heavy atom. The van der Waals surface area contributed by atoms with Crippen molar-refractivity contribution in [1.82, 2.24) is 4.98 Å². The van der Waals surface area contributed by atoms with E-state index in [0.29, 0.717) is 6.54 Å². The van der Waals surface area contributed by atoms with Gasteiger partial charge < -0.3 is 9.73 Å². The third-order valence-electron chi connectivity index (χ3n) is 2.50. The summed E-state index contributed by atoms with van der Waals surface area (Å²) in [5, 5.41) is 3.29. The number of rotatable bonds is 4. The zero-order valence-corrected chi connectivity index (χ0v) is 9.66. The van der Waals surface area contributed by atoms with E-state index in [1.807, 2.05) is 25.1 Å². The number of nitrogens with one attached hydrogen (secondary N) is 1. The van der Waals surface area contributed by atoms with Crippen molar-refractivity contribution in [1.29, 1.82) is 0 Å². The largest absolute Gasteiger partial charge is 0.465 e. The third kappa shape index (κ3) is 2.42. The van der Waals surface area contributed by atoms with Crippen LogP contribution in [-0.2, 0) is 13.0 Å². The first-order chi connectivity index (χ1) is 7.79. The Kier molecular flexibility index (Phi) is 3.25. The van der Waals surface area contributed by atoms with Crippen LogP contribution < -0.4 is 5.32 Å². The first-order valence-corrected chi connectivity index (χ1v) is 5.52. The minimum Gasteiger partial charge on any atom is -0.465 e. The van der Waals surface area contributed by atoms with Gasteiger partial charge in [-0.1, -0.05) is 13.0 Å². The summed E-state index contributed by atoms with van der Waals surface area (Å²) in [6.07, 6.45) is 2.78. The van der Waals surface area contributed by atoms with Crippen molar-refractivity contribution in [3.63, 3.8) is 0 Å². The van der Waals surface area contributed by atoms with Crippen LogP contribution in [0.2, 0.25) is 0 Å². The molecule has 2 rings (SSSR count). The number of hydrogen-bond donors (Lipinski definition) is 1. The molecule has 2 heterocycles. The number of hydrogen-bond acceptors (Lipinski definition) is 3. The molecule has 2 aromatic heterocycles. The molecule has 2 aromatic rings. The van der Waals surface area contributed by atoms with E-state index in [2.05, 4.69) is 23.3 Å². The Hall–Kier alpha value is -1.77. The van der Waals surface area contributed by atoms with E-state index in [9.17, 15) is 0 Å². The lowest BCUT2D eigenvalue weighted by Gasteiger charge is -2.07. The fourth-order valence-electron chi connectivity index (χ4n) is 1.63. The molecule has 0 aliphatic heterocycles. The van der Waals surface area contributed by atoms with Crippen LogP contribution in [0.5, 0.6) is 0 Å². The van der Waals surface area contributed by atoms with Crippen molar-refractivity contribution in [2.75, 3.05) is 5.32 Å². The summed E-state index contributed by atoms with van der Waals surface area (Å²) < 4.78 is 5.49. The van der Waals surface area contributed by atoms with E-state index in [4.69, 9.17) is 4.42 Å². The molecule has 0 bridgehead atoms. The van der Waals surface area contributed by atoms with Gasteiger partial charge in [0.2, 0.25) is 0 Å². The van der Waals surface area contributed by atoms with Gasteiger partial charge in [0.15, 0.2) is 0 Å². The molecule has 0 spiro atoms. The summed E-state index contributed by atoms with van der Waals surface area (Å²) in [5.41, 5.74) is 1.23. The predicted octanol–water partition coefficient (Wildman–Crippen LogP) is 3.16. The second kappa shape index (κ2) is 4.84. The van der Waals surface area contributed by atoms with Crippen LogP contribution in [0.25, 0.3) is 0 Å². The summed E-state index contributed by atoms with van der Waals surface area (Å²) in [6.45, 7) is 4.75. The van der Waals surface area contributed by atoms with Crippen molar-refractivity contribution in [3.05, 3.63) is 47.5 Å². The molecule has 84 valence electrons. The summed E-state index contributed by atoms with van der Waals surface area (Å²) >= 11 is 0. The second-order valence-electron chi connectivity index (χ2n) is 3.73. The minimum absolute atomic E-state index is 0.678. The van der Waals surface area contributed by atoms with Gasteiger partial charge in [0.1, 0.15) is 17.3 Å². The molecule has 0 aliphatic carbocycles. The normalized spacial score (nSPS) is 10.4. The van der Waals surface area contributed by atoms with Gasteiger partial charge in [0, 0.05) is 6.20 Å². The van der Waals surface area contributed by atoms with Crippen LogP contribution in [-0.4, -0.2) is 4.98 Å². The lowest BCUT2D eigenvalue weighted by atomic mass is 10.2. The molecule has 0 radical (unpaired) electrons. The van der Waals surface area contributed by atoms with Gasteiger partial charge in [-0.2, -0.15) is 0 Å². The van der Waals surface area contributed by atoms with Gasteiger partial charge >= 0.3 is 0 Å². The molecule has 0 fully saturated rings. The van der Waals surface area contributed by atoms with Gasteiger partial charge in [-0.25, -0.2) is 4.98 Å². The number of aromatic nitrogens is 1. The van der Waals surface area contributed by atoms with Gasteiger partial charge in [0.25, 0.3) is 0 Å². The molecule has 3 nitrogen and oxygen atoms in total. The topological polar surface area (TPSA) is 38.1 Å². The van der Waals surface area contributed by atoms with Gasteiger partial charge in [-0.15, -0.1) is 0 Å². The van der Waals surface area contributed by atoms with E-state index in [0.717, 1.165) is 23.8 Å². The van der Waals surface area contributed by atoms with E-state index in [1.54, 1.807) is 6.20 Å². The van der Waals surface area contributed by atoms with Crippen LogP contribution in [0, 0.1) is 6.92 Å². The Morgan fingerprint density at radius 1 is 1.31 bits per heavy atom. The Balaban J connectivity index is 2.04. The lowest BCUT2D eigenvalue weighted by Crippen LogP contribution is -2.03. The first-order valence-electron chi connectivity index (χ1n) is 5.52. The fourth-order valence-corrected chi connectivity index (χ4v) is 1.63. The first kappa shape index (κ1) is 10.7. The summed E-state index contributed by atoms with van der Waals surface area (Å²) in [7, 11) is 0. The van der Waals surface area contributed by atoms with Gasteiger partial charge in [-0.3, -0.25) is 0 Å².